The van der Waals surface area contributed by atoms with E-state index in [1.54, 1.807) is 13.2 Å². The Morgan fingerprint density at radius 3 is 2.52 bits per heavy atom. The molecule has 0 fully saturated rings. The maximum atomic E-state index is 12.1. The number of anilines is 3. The van der Waals surface area contributed by atoms with Crippen LogP contribution in [0, 0.1) is 6.92 Å². The second-order valence-electron chi connectivity index (χ2n) is 6.34. The molecule has 0 bridgehead atoms. The largest absolute Gasteiger partial charge is 0.497 e. The quantitative estimate of drug-likeness (QED) is 0.492. The van der Waals surface area contributed by atoms with Crippen LogP contribution >= 0.6 is 0 Å². The zero-order chi connectivity index (χ0) is 19.6. The monoisotopic (exact) mass is 363 g/mol. The van der Waals surface area contributed by atoms with Crippen molar-refractivity contribution in [2.75, 3.05) is 17.7 Å². The van der Waals surface area contributed by atoms with Gasteiger partial charge in [-0.05, 0) is 56.0 Å². The minimum absolute atomic E-state index is 0.174. The van der Waals surface area contributed by atoms with Crippen molar-refractivity contribution in [3.05, 3.63) is 74.0 Å². The molecular weight excluding hydrogens is 342 g/mol. The van der Waals surface area contributed by atoms with Crippen LogP contribution in [-0.2, 0) is 0 Å². The second-order valence-corrected chi connectivity index (χ2v) is 6.34. The van der Waals surface area contributed by atoms with Gasteiger partial charge in [0.2, 0.25) is 0 Å². The van der Waals surface area contributed by atoms with Crippen molar-refractivity contribution in [3.63, 3.8) is 0 Å². The van der Waals surface area contributed by atoms with Crippen LogP contribution in [0.25, 0.3) is 0 Å². The third kappa shape index (κ3) is 3.60. The number of rotatable bonds is 7. The molecule has 1 atom stereocenters. The molecule has 0 saturated carbocycles. The summed E-state index contributed by atoms with van der Waals surface area (Å²) >= 11 is 0. The minimum Gasteiger partial charge on any atom is -0.497 e. The van der Waals surface area contributed by atoms with E-state index < -0.39 is 10.9 Å². The predicted molar refractivity (Wildman–Crippen MR) is 110 cm³/mol. The van der Waals surface area contributed by atoms with Crippen molar-refractivity contribution < 1.29 is 4.74 Å². The molecule has 0 saturated heterocycles. The number of nitrogens with zero attached hydrogens (tertiary/aromatic N) is 1. The van der Waals surface area contributed by atoms with Gasteiger partial charge in [0.05, 0.1) is 12.8 Å². The maximum Gasteiger partial charge on any atom is 0.253 e. The van der Waals surface area contributed by atoms with E-state index in [1.165, 1.54) is 0 Å². The Kier molecular flexibility index (Phi) is 5.07. The first kappa shape index (κ1) is 18.4. The third-order valence-electron chi connectivity index (χ3n) is 4.51. The zero-order valence-electron chi connectivity index (χ0n) is 15.5. The standard InChI is InChI=1S/C21H21N3O3/c1-12-8-9-15(11-17(12)22-3)24-19-18(20(25)21(19)26)23-13(2)14-6-5-7-16(10-14)27-4/h5-11,13,23-24H,3H2,1-2,4H3/t13-/m1/s1. The number of aryl methyl sites for hydroxylation is 1. The molecule has 0 spiro atoms. The average Bonchev–Trinajstić information content (AvgIpc) is 2.71. The summed E-state index contributed by atoms with van der Waals surface area (Å²) in [6.45, 7) is 7.38. The van der Waals surface area contributed by atoms with E-state index in [0.717, 1.165) is 22.6 Å². The van der Waals surface area contributed by atoms with Gasteiger partial charge in [-0.25, -0.2) is 0 Å². The lowest BCUT2D eigenvalue weighted by Gasteiger charge is -2.20. The fourth-order valence-electron chi connectivity index (χ4n) is 2.86. The molecule has 3 aromatic carbocycles. The summed E-state index contributed by atoms with van der Waals surface area (Å²) in [7, 11) is 1.60. The highest BCUT2D eigenvalue weighted by atomic mass is 16.5. The molecule has 138 valence electrons. The van der Waals surface area contributed by atoms with Crippen molar-refractivity contribution in [2.45, 2.75) is 19.9 Å². The summed E-state index contributed by atoms with van der Waals surface area (Å²) in [6, 6.07) is 12.9. The van der Waals surface area contributed by atoms with Crippen molar-refractivity contribution in [3.8, 4) is 5.75 Å². The van der Waals surface area contributed by atoms with Gasteiger partial charge in [0.1, 0.15) is 17.1 Å². The van der Waals surface area contributed by atoms with E-state index in [0.29, 0.717) is 5.69 Å². The van der Waals surface area contributed by atoms with Crippen LogP contribution < -0.4 is 26.2 Å². The highest BCUT2D eigenvalue weighted by Crippen LogP contribution is 2.29. The second kappa shape index (κ2) is 7.45. The predicted octanol–water partition coefficient (Wildman–Crippen LogP) is 3.85. The highest BCUT2D eigenvalue weighted by molar-refractivity contribution is 5.80. The van der Waals surface area contributed by atoms with Gasteiger partial charge in [-0.3, -0.25) is 14.6 Å². The van der Waals surface area contributed by atoms with Crippen LogP contribution in [0.1, 0.15) is 24.1 Å². The van der Waals surface area contributed by atoms with Gasteiger partial charge < -0.3 is 15.4 Å². The molecule has 0 amide bonds. The fraction of sp³-hybridized carbons (Fsp3) is 0.190. The van der Waals surface area contributed by atoms with Crippen LogP contribution in [0.3, 0.4) is 0 Å². The lowest BCUT2D eigenvalue weighted by molar-refractivity contribution is 0.414. The van der Waals surface area contributed by atoms with Crippen LogP contribution in [0.4, 0.5) is 22.7 Å². The minimum atomic E-state index is -0.538. The Hall–Kier alpha value is -3.41. The summed E-state index contributed by atoms with van der Waals surface area (Å²) in [5.41, 5.74) is 2.79. The summed E-state index contributed by atoms with van der Waals surface area (Å²) < 4.78 is 5.23. The number of hydrogen-bond acceptors (Lipinski definition) is 6. The number of aliphatic imine (C=N–C) groups is 1. The first-order valence-electron chi connectivity index (χ1n) is 8.52. The molecule has 3 rings (SSSR count). The van der Waals surface area contributed by atoms with Crippen molar-refractivity contribution >= 4 is 29.5 Å². The lowest BCUT2D eigenvalue weighted by Crippen LogP contribution is -2.37. The molecule has 2 N–H and O–H groups in total. The molecule has 6 nitrogen and oxygen atoms in total. The van der Waals surface area contributed by atoms with Gasteiger partial charge in [-0.2, -0.15) is 0 Å². The van der Waals surface area contributed by atoms with Gasteiger partial charge >= 0.3 is 0 Å². The average molecular weight is 363 g/mol. The molecule has 3 aromatic rings. The molecule has 6 heteroatoms. The van der Waals surface area contributed by atoms with E-state index in [2.05, 4.69) is 22.3 Å². The SMILES string of the molecule is C=Nc1cc(Nc2c(N[C@H](C)c3cccc(OC)c3)c(=O)c2=O)ccc1C. The molecular formula is C21H21N3O3. The summed E-state index contributed by atoms with van der Waals surface area (Å²) in [5.74, 6) is 0.730. The van der Waals surface area contributed by atoms with Crippen LogP contribution in [0.2, 0.25) is 0 Å². The van der Waals surface area contributed by atoms with Gasteiger partial charge in [0.15, 0.2) is 0 Å². The lowest BCUT2D eigenvalue weighted by atomic mass is 10.1. The molecule has 0 aliphatic carbocycles. The van der Waals surface area contributed by atoms with Crippen molar-refractivity contribution in [2.24, 2.45) is 4.99 Å². The fourth-order valence-corrected chi connectivity index (χ4v) is 2.86. The van der Waals surface area contributed by atoms with E-state index in [1.807, 2.05) is 50.2 Å². The van der Waals surface area contributed by atoms with Crippen LogP contribution in [-0.4, -0.2) is 13.8 Å². The van der Waals surface area contributed by atoms with Gasteiger partial charge in [-0.15, -0.1) is 0 Å². The number of benzene rings is 2. The Labute approximate surface area is 157 Å². The van der Waals surface area contributed by atoms with E-state index in [9.17, 15) is 9.59 Å². The first-order valence-corrected chi connectivity index (χ1v) is 8.52. The molecule has 0 aliphatic heterocycles. The first-order chi connectivity index (χ1) is 12.9. The molecule has 27 heavy (non-hydrogen) atoms. The Bertz CT molecular complexity index is 1070. The normalized spacial score (nSPS) is 11.8. The Morgan fingerprint density at radius 1 is 1.07 bits per heavy atom. The summed E-state index contributed by atoms with van der Waals surface area (Å²) in [4.78, 5) is 28.1. The molecule has 0 heterocycles. The number of nitrogens with one attached hydrogen (secondary N) is 2. The number of ether oxygens (including phenoxy) is 1. The van der Waals surface area contributed by atoms with E-state index in [4.69, 9.17) is 4.74 Å². The van der Waals surface area contributed by atoms with Crippen molar-refractivity contribution in [1.29, 1.82) is 0 Å². The van der Waals surface area contributed by atoms with E-state index >= 15 is 0 Å². The number of methoxy groups -OCH3 is 1. The Morgan fingerprint density at radius 2 is 1.81 bits per heavy atom. The van der Waals surface area contributed by atoms with Gasteiger partial charge in [0, 0.05) is 11.7 Å². The third-order valence-corrected chi connectivity index (χ3v) is 4.51. The maximum absolute atomic E-state index is 12.1. The summed E-state index contributed by atoms with van der Waals surface area (Å²) in [5, 5.41) is 6.15. The number of hydrogen-bond donors (Lipinski definition) is 2. The summed E-state index contributed by atoms with van der Waals surface area (Å²) in [6.07, 6.45) is 0. The molecule has 0 unspecified atom stereocenters. The molecule has 0 aromatic heterocycles. The highest BCUT2D eigenvalue weighted by Gasteiger charge is 2.23. The smallest absolute Gasteiger partial charge is 0.253 e. The zero-order valence-corrected chi connectivity index (χ0v) is 15.5. The molecule has 0 radical (unpaired) electrons. The van der Waals surface area contributed by atoms with Crippen LogP contribution in [0.5, 0.6) is 5.75 Å². The van der Waals surface area contributed by atoms with E-state index in [-0.39, 0.29) is 17.4 Å². The van der Waals surface area contributed by atoms with Crippen LogP contribution in [0.15, 0.2) is 57.0 Å². The Balaban J connectivity index is 1.84. The van der Waals surface area contributed by atoms with Gasteiger partial charge in [-0.1, -0.05) is 18.2 Å². The topological polar surface area (TPSA) is 79.8 Å². The van der Waals surface area contributed by atoms with Crippen molar-refractivity contribution in [1.82, 2.24) is 0 Å². The molecule has 0 aliphatic rings. The van der Waals surface area contributed by atoms with Gasteiger partial charge in [0.25, 0.3) is 10.9 Å².